The Morgan fingerprint density at radius 3 is 2.52 bits per heavy atom. The summed E-state index contributed by atoms with van der Waals surface area (Å²) >= 11 is 5.93. The molecule has 0 radical (unpaired) electrons. The Labute approximate surface area is 139 Å². The highest BCUT2D eigenvalue weighted by Crippen LogP contribution is 2.23. The van der Waals surface area contributed by atoms with Crippen molar-refractivity contribution in [2.75, 3.05) is 17.2 Å². The van der Waals surface area contributed by atoms with E-state index in [1.54, 1.807) is 29.2 Å². The van der Waals surface area contributed by atoms with E-state index >= 15 is 0 Å². The summed E-state index contributed by atoms with van der Waals surface area (Å²) in [5, 5.41) is 0.222. The first kappa shape index (κ1) is 16.8. The summed E-state index contributed by atoms with van der Waals surface area (Å²) in [6.07, 6.45) is 0.775. The molecule has 0 aliphatic heterocycles. The highest BCUT2D eigenvalue weighted by molar-refractivity contribution is 6.34. The average molecular weight is 332 g/mol. The van der Waals surface area contributed by atoms with Gasteiger partial charge in [0.05, 0.1) is 10.6 Å². The third-order valence-corrected chi connectivity index (χ3v) is 3.68. The number of nitrogen functional groups attached to an aromatic ring is 1. The van der Waals surface area contributed by atoms with Gasteiger partial charge in [0.2, 0.25) is 5.91 Å². The zero-order chi connectivity index (χ0) is 17.0. The summed E-state index contributed by atoms with van der Waals surface area (Å²) in [5.74, 6) is -0.910. The minimum absolute atomic E-state index is 0.126. The number of hydrogen-bond donors (Lipinski definition) is 2. The highest BCUT2D eigenvalue weighted by Gasteiger charge is 2.19. The molecular formula is C17H18ClN3O2. The van der Waals surface area contributed by atoms with Gasteiger partial charge in [0, 0.05) is 23.5 Å². The molecule has 0 spiro atoms. The Balaban J connectivity index is 2.42. The number of amides is 2. The fraction of sp³-hybridized carbons (Fsp3) is 0.176. The largest absolute Gasteiger partial charge is 0.399 e. The second-order valence-electron chi connectivity index (χ2n) is 5.11. The van der Waals surface area contributed by atoms with Crippen molar-refractivity contribution in [3.63, 3.8) is 0 Å². The topological polar surface area (TPSA) is 89.4 Å². The molecule has 0 atom stereocenters. The number of benzene rings is 2. The van der Waals surface area contributed by atoms with E-state index in [9.17, 15) is 9.59 Å². The Hall–Kier alpha value is -2.53. The molecule has 2 amide bonds. The molecule has 120 valence electrons. The van der Waals surface area contributed by atoms with E-state index < -0.39 is 5.91 Å². The maximum atomic E-state index is 12.8. The third-order valence-electron chi connectivity index (χ3n) is 3.35. The molecule has 5 nitrogen and oxygen atoms in total. The number of carbonyl (C=O) groups is 2. The molecular weight excluding hydrogens is 314 g/mol. The van der Waals surface area contributed by atoms with Crippen LogP contribution in [0.25, 0.3) is 0 Å². The lowest BCUT2D eigenvalue weighted by Crippen LogP contribution is -2.32. The first-order valence-electron chi connectivity index (χ1n) is 7.20. The molecule has 2 aromatic carbocycles. The van der Waals surface area contributed by atoms with Crippen LogP contribution in [0.15, 0.2) is 42.5 Å². The highest BCUT2D eigenvalue weighted by atomic mass is 35.5. The molecule has 4 N–H and O–H groups in total. The summed E-state index contributed by atoms with van der Waals surface area (Å²) in [6.45, 7) is 2.50. The number of primary amides is 1. The summed E-state index contributed by atoms with van der Waals surface area (Å²) in [4.78, 5) is 25.8. The summed E-state index contributed by atoms with van der Waals surface area (Å²) in [7, 11) is 0. The van der Waals surface area contributed by atoms with Crippen molar-refractivity contribution in [1.82, 2.24) is 0 Å². The van der Waals surface area contributed by atoms with E-state index in [1.807, 2.05) is 13.0 Å². The number of rotatable bonds is 5. The molecule has 0 heterocycles. The Morgan fingerprint density at radius 1 is 1.17 bits per heavy atom. The fourth-order valence-electron chi connectivity index (χ4n) is 2.27. The van der Waals surface area contributed by atoms with E-state index in [1.165, 1.54) is 12.1 Å². The van der Waals surface area contributed by atoms with Crippen molar-refractivity contribution in [2.45, 2.75) is 13.3 Å². The lowest BCUT2D eigenvalue weighted by Gasteiger charge is -2.23. The van der Waals surface area contributed by atoms with Crippen molar-refractivity contribution in [1.29, 1.82) is 0 Å². The normalized spacial score (nSPS) is 10.3. The molecule has 2 aromatic rings. The minimum atomic E-state index is -0.671. The lowest BCUT2D eigenvalue weighted by atomic mass is 10.1. The molecule has 2 rings (SSSR count). The van der Waals surface area contributed by atoms with Gasteiger partial charge in [0.15, 0.2) is 0 Å². The third kappa shape index (κ3) is 3.81. The van der Waals surface area contributed by atoms with Crippen molar-refractivity contribution in [3.05, 3.63) is 58.6 Å². The molecule has 0 saturated carbocycles. The Kier molecular flexibility index (Phi) is 5.24. The van der Waals surface area contributed by atoms with Gasteiger partial charge in [-0.05, 0) is 42.8 Å². The molecule has 0 fully saturated rings. The van der Waals surface area contributed by atoms with Gasteiger partial charge >= 0.3 is 0 Å². The van der Waals surface area contributed by atoms with Crippen molar-refractivity contribution in [2.24, 2.45) is 5.73 Å². The van der Waals surface area contributed by atoms with Crippen LogP contribution in [0.1, 0.15) is 34.1 Å². The monoisotopic (exact) mass is 331 g/mol. The van der Waals surface area contributed by atoms with Gasteiger partial charge in [0.1, 0.15) is 0 Å². The van der Waals surface area contributed by atoms with Gasteiger partial charge in [-0.1, -0.05) is 24.6 Å². The number of nitrogens with two attached hydrogens (primary N) is 2. The molecule has 23 heavy (non-hydrogen) atoms. The van der Waals surface area contributed by atoms with Gasteiger partial charge in [-0.25, -0.2) is 0 Å². The molecule has 0 aliphatic carbocycles. The quantitative estimate of drug-likeness (QED) is 0.825. The number of hydrogen-bond acceptors (Lipinski definition) is 3. The molecule has 0 bridgehead atoms. The van der Waals surface area contributed by atoms with Gasteiger partial charge in [-0.15, -0.1) is 0 Å². The standard InChI is InChI=1S/C17H18ClN3O2/c1-2-8-21(13-5-3-4-12(19)10-13)17(23)11-6-7-15(18)14(9-11)16(20)22/h3-7,9-10H,2,8,19H2,1H3,(H2,20,22). The van der Waals surface area contributed by atoms with Gasteiger partial charge in [0.25, 0.3) is 5.91 Å². The van der Waals surface area contributed by atoms with E-state index in [2.05, 4.69) is 0 Å². The smallest absolute Gasteiger partial charge is 0.258 e. The Bertz CT molecular complexity index is 746. The number of carbonyl (C=O) groups excluding carboxylic acids is 2. The summed E-state index contributed by atoms with van der Waals surface area (Å²) < 4.78 is 0. The van der Waals surface area contributed by atoms with Crippen LogP contribution in [0, 0.1) is 0 Å². The van der Waals surface area contributed by atoms with Crippen LogP contribution in [-0.2, 0) is 0 Å². The lowest BCUT2D eigenvalue weighted by molar-refractivity contribution is 0.0987. The van der Waals surface area contributed by atoms with Crippen LogP contribution in [0.4, 0.5) is 11.4 Å². The summed E-state index contributed by atoms with van der Waals surface area (Å²) in [5.41, 5.74) is 12.8. The van der Waals surface area contributed by atoms with Crippen molar-refractivity contribution in [3.8, 4) is 0 Å². The number of anilines is 2. The molecule has 0 unspecified atom stereocenters. The number of nitrogens with zero attached hydrogens (tertiary/aromatic N) is 1. The predicted octanol–water partition coefficient (Wildman–Crippen LogP) is 3.08. The van der Waals surface area contributed by atoms with E-state index in [4.69, 9.17) is 23.1 Å². The van der Waals surface area contributed by atoms with Crippen LogP contribution in [0.3, 0.4) is 0 Å². The van der Waals surface area contributed by atoms with Crippen LogP contribution in [0.5, 0.6) is 0 Å². The second kappa shape index (κ2) is 7.15. The molecule has 0 aliphatic rings. The average Bonchev–Trinajstić information content (AvgIpc) is 2.52. The van der Waals surface area contributed by atoms with Crippen LogP contribution in [0.2, 0.25) is 5.02 Å². The predicted molar refractivity (Wildman–Crippen MR) is 92.8 cm³/mol. The van der Waals surface area contributed by atoms with Gasteiger partial charge in [-0.3, -0.25) is 9.59 Å². The van der Waals surface area contributed by atoms with Crippen molar-refractivity contribution >= 4 is 34.8 Å². The van der Waals surface area contributed by atoms with Gasteiger partial charge < -0.3 is 16.4 Å². The minimum Gasteiger partial charge on any atom is -0.399 e. The Morgan fingerprint density at radius 2 is 1.91 bits per heavy atom. The van der Waals surface area contributed by atoms with Gasteiger partial charge in [-0.2, -0.15) is 0 Å². The maximum absolute atomic E-state index is 12.8. The van der Waals surface area contributed by atoms with E-state index in [-0.39, 0.29) is 16.5 Å². The molecule has 0 aromatic heterocycles. The maximum Gasteiger partial charge on any atom is 0.258 e. The molecule has 6 heteroatoms. The first-order chi connectivity index (χ1) is 10.9. The van der Waals surface area contributed by atoms with E-state index in [0.717, 1.165) is 6.42 Å². The second-order valence-corrected chi connectivity index (χ2v) is 5.52. The zero-order valence-electron chi connectivity index (χ0n) is 12.8. The summed E-state index contributed by atoms with van der Waals surface area (Å²) in [6, 6.07) is 11.6. The zero-order valence-corrected chi connectivity index (χ0v) is 13.5. The van der Waals surface area contributed by atoms with Crippen LogP contribution < -0.4 is 16.4 Å². The van der Waals surface area contributed by atoms with Crippen LogP contribution >= 0.6 is 11.6 Å². The van der Waals surface area contributed by atoms with Crippen LogP contribution in [-0.4, -0.2) is 18.4 Å². The SMILES string of the molecule is CCCN(C(=O)c1ccc(Cl)c(C(N)=O)c1)c1cccc(N)c1. The molecule has 0 saturated heterocycles. The fourth-order valence-corrected chi connectivity index (χ4v) is 2.48. The van der Waals surface area contributed by atoms with Crippen molar-refractivity contribution < 1.29 is 9.59 Å². The first-order valence-corrected chi connectivity index (χ1v) is 7.58. The van der Waals surface area contributed by atoms with E-state index in [0.29, 0.717) is 23.5 Å². The number of halogens is 1.